The second-order valence-corrected chi connectivity index (χ2v) is 3.42. The lowest BCUT2D eigenvalue weighted by atomic mass is 10.1. The molecule has 0 radical (unpaired) electrons. The molecule has 1 atom stereocenters. The molecule has 5 heteroatoms. The maximum atomic E-state index is 10.5. The largest absolute Gasteiger partial charge is 0.768 e. The highest BCUT2D eigenvalue weighted by Gasteiger charge is 2.02. The van der Waals surface area contributed by atoms with Gasteiger partial charge in [-0.1, -0.05) is 6.07 Å². The molecule has 1 aromatic rings. The van der Waals surface area contributed by atoms with E-state index in [4.69, 9.17) is 10.2 Å². The molecular formula is C8H9O4S-. The van der Waals surface area contributed by atoms with Crippen molar-refractivity contribution in [3.8, 4) is 0 Å². The molecule has 4 nitrogen and oxygen atoms in total. The van der Waals surface area contributed by atoms with E-state index in [9.17, 15) is 8.76 Å². The average molecular weight is 201 g/mol. The Hall–Kier alpha value is -0.750. The Balaban J connectivity index is 3.13. The molecule has 0 aromatic heterocycles. The predicted molar refractivity (Wildman–Crippen MR) is 45.5 cm³/mol. The fourth-order valence-corrected chi connectivity index (χ4v) is 1.43. The van der Waals surface area contributed by atoms with Crippen LogP contribution >= 0.6 is 0 Å². The average Bonchev–Trinajstić information content (AvgIpc) is 2.16. The zero-order valence-electron chi connectivity index (χ0n) is 6.77. The SMILES string of the molecule is O=S([O-])c1ccc(CO)c(CO)c1. The summed E-state index contributed by atoms with van der Waals surface area (Å²) in [5, 5.41) is 17.7. The van der Waals surface area contributed by atoms with Crippen molar-refractivity contribution >= 4 is 11.1 Å². The topological polar surface area (TPSA) is 80.6 Å². The van der Waals surface area contributed by atoms with E-state index in [2.05, 4.69) is 0 Å². The van der Waals surface area contributed by atoms with Gasteiger partial charge >= 0.3 is 0 Å². The molecule has 1 unspecified atom stereocenters. The van der Waals surface area contributed by atoms with Gasteiger partial charge in [0, 0.05) is 4.90 Å². The fraction of sp³-hybridized carbons (Fsp3) is 0.250. The van der Waals surface area contributed by atoms with Crippen LogP contribution in [0.2, 0.25) is 0 Å². The standard InChI is InChI=1S/C8H10O4S/c9-4-6-1-2-8(13(11)12)3-7(6)5-10/h1-3,9-10H,4-5H2,(H,11,12)/p-1. The van der Waals surface area contributed by atoms with E-state index in [1.165, 1.54) is 18.2 Å². The van der Waals surface area contributed by atoms with Gasteiger partial charge in [-0.3, -0.25) is 4.21 Å². The van der Waals surface area contributed by atoms with Crippen LogP contribution in [0.25, 0.3) is 0 Å². The number of aliphatic hydroxyl groups excluding tert-OH is 2. The van der Waals surface area contributed by atoms with Gasteiger partial charge < -0.3 is 14.8 Å². The lowest BCUT2D eigenvalue weighted by Gasteiger charge is -2.09. The highest BCUT2D eigenvalue weighted by atomic mass is 32.2. The van der Waals surface area contributed by atoms with Crippen LogP contribution in [-0.2, 0) is 24.3 Å². The number of aliphatic hydroxyl groups is 2. The molecule has 0 bridgehead atoms. The zero-order chi connectivity index (χ0) is 9.84. The summed E-state index contributed by atoms with van der Waals surface area (Å²) in [5.74, 6) is 0. The Labute approximate surface area is 78.1 Å². The lowest BCUT2D eigenvalue weighted by molar-refractivity contribution is 0.259. The molecule has 0 heterocycles. The minimum absolute atomic E-state index is 0.112. The summed E-state index contributed by atoms with van der Waals surface area (Å²) in [4.78, 5) is 0.112. The lowest BCUT2D eigenvalue weighted by Crippen LogP contribution is -1.97. The van der Waals surface area contributed by atoms with Gasteiger partial charge in [0.25, 0.3) is 0 Å². The van der Waals surface area contributed by atoms with Crippen LogP contribution in [0.5, 0.6) is 0 Å². The van der Waals surface area contributed by atoms with E-state index in [0.717, 1.165) is 0 Å². The third-order valence-corrected chi connectivity index (χ3v) is 2.35. The summed E-state index contributed by atoms with van der Waals surface area (Å²) in [5.41, 5.74) is 0.973. The Morgan fingerprint density at radius 2 is 1.85 bits per heavy atom. The molecule has 0 spiro atoms. The molecule has 0 saturated carbocycles. The Kier molecular flexibility index (Phi) is 3.56. The molecule has 13 heavy (non-hydrogen) atoms. The third kappa shape index (κ3) is 2.35. The fourth-order valence-electron chi connectivity index (χ4n) is 1.01. The van der Waals surface area contributed by atoms with Crippen molar-refractivity contribution in [2.24, 2.45) is 0 Å². The normalized spacial score (nSPS) is 12.8. The van der Waals surface area contributed by atoms with Crippen molar-refractivity contribution in [2.75, 3.05) is 0 Å². The van der Waals surface area contributed by atoms with Crippen molar-refractivity contribution in [1.29, 1.82) is 0 Å². The zero-order valence-corrected chi connectivity index (χ0v) is 7.58. The summed E-state index contributed by atoms with van der Waals surface area (Å²) in [6.07, 6.45) is 0. The number of hydrogen-bond donors (Lipinski definition) is 2. The predicted octanol–water partition coefficient (Wildman–Crippen LogP) is -0.0908. The second kappa shape index (κ2) is 4.48. The van der Waals surface area contributed by atoms with Gasteiger partial charge in [-0.25, -0.2) is 0 Å². The molecule has 0 aliphatic rings. The maximum absolute atomic E-state index is 10.5. The van der Waals surface area contributed by atoms with Crippen molar-refractivity contribution in [3.05, 3.63) is 29.3 Å². The molecule has 0 fully saturated rings. The van der Waals surface area contributed by atoms with E-state index in [1.807, 2.05) is 0 Å². The van der Waals surface area contributed by atoms with Gasteiger partial charge in [0.05, 0.1) is 13.2 Å². The van der Waals surface area contributed by atoms with Crippen molar-refractivity contribution in [2.45, 2.75) is 18.1 Å². The van der Waals surface area contributed by atoms with E-state index >= 15 is 0 Å². The summed E-state index contributed by atoms with van der Waals surface area (Å²) < 4.78 is 21.0. The van der Waals surface area contributed by atoms with Crippen molar-refractivity contribution in [3.63, 3.8) is 0 Å². The van der Waals surface area contributed by atoms with Crippen LogP contribution in [0.4, 0.5) is 0 Å². The monoisotopic (exact) mass is 201 g/mol. The number of rotatable bonds is 3. The van der Waals surface area contributed by atoms with Crippen LogP contribution in [0.15, 0.2) is 23.1 Å². The molecular weight excluding hydrogens is 192 g/mol. The van der Waals surface area contributed by atoms with Crippen LogP contribution in [0.3, 0.4) is 0 Å². The molecule has 2 N–H and O–H groups in total. The van der Waals surface area contributed by atoms with Gasteiger partial charge in [0.2, 0.25) is 0 Å². The van der Waals surface area contributed by atoms with Gasteiger partial charge in [-0.05, 0) is 34.3 Å². The molecule has 1 rings (SSSR count). The Morgan fingerprint density at radius 1 is 1.23 bits per heavy atom. The highest BCUT2D eigenvalue weighted by Crippen LogP contribution is 2.14. The van der Waals surface area contributed by atoms with Crippen LogP contribution in [0.1, 0.15) is 11.1 Å². The minimum atomic E-state index is -2.29. The minimum Gasteiger partial charge on any atom is -0.768 e. The van der Waals surface area contributed by atoms with Crippen molar-refractivity contribution < 1.29 is 19.0 Å². The van der Waals surface area contributed by atoms with E-state index in [0.29, 0.717) is 11.1 Å². The first-order valence-corrected chi connectivity index (χ1v) is 4.69. The third-order valence-electron chi connectivity index (χ3n) is 1.71. The molecule has 0 saturated heterocycles. The number of benzene rings is 1. The second-order valence-electron chi connectivity index (χ2n) is 2.48. The van der Waals surface area contributed by atoms with Gasteiger partial charge in [-0.15, -0.1) is 0 Å². The molecule has 72 valence electrons. The summed E-state index contributed by atoms with van der Waals surface area (Å²) in [7, 11) is 0. The van der Waals surface area contributed by atoms with E-state index in [-0.39, 0.29) is 18.1 Å². The van der Waals surface area contributed by atoms with Crippen molar-refractivity contribution in [1.82, 2.24) is 0 Å². The smallest absolute Gasteiger partial charge is 0.0685 e. The quantitative estimate of drug-likeness (QED) is 0.670. The summed E-state index contributed by atoms with van der Waals surface area (Å²) in [6.45, 7) is -0.484. The first-order valence-electron chi connectivity index (χ1n) is 3.62. The van der Waals surface area contributed by atoms with Gasteiger partial charge in [0.1, 0.15) is 0 Å². The molecule has 1 aromatic carbocycles. The van der Waals surface area contributed by atoms with Crippen LogP contribution in [0, 0.1) is 0 Å². The van der Waals surface area contributed by atoms with Gasteiger partial charge in [-0.2, -0.15) is 0 Å². The molecule has 0 aliphatic carbocycles. The Bertz CT molecular complexity index is 324. The van der Waals surface area contributed by atoms with E-state index < -0.39 is 11.1 Å². The first kappa shape index (κ1) is 10.3. The summed E-state index contributed by atoms with van der Waals surface area (Å²) >= 11 is -2.29. The summed E-state index contributed by atoms with van der Waals surface area (Å²) in [6, 6.07) is 4.21. The van der Waals surface area contributed by atoms with Gasteiger partial charge in [0.15, 0.2) is 0 Å². The molecule has 0 amide bonds. The Morgan fingerprint density at radius 3 is 2.31 bits per heavy atom. The first-order chi connectivity index (χ1) is 6.19. The maximum Gasteiger partial charge on any atom is 0.0685 e. The van der Waals surface area contributed by atoms with Crippen LogP contribution in [-0.4, -0.2) is 19.0 Å². The van der Waals surface area contributed by atoms with E-state index in [1.54, 1.807) is 0 Å². The van der Waals surface area contributed by atoms with Crippen LogP contribution < -0.4 is 0 Å². The highest BCUT2D eigenvalue weighted by molar-refractivity contribution is 7.79. The number of hydrogen-bond acceptors (Lipinski definition) is 4. The molecule has 0 aliphatic heterocycles.